The zero-order chi connectivity index (χ0) is 29.6. The van der Waals surface area contributed by atoms with Crippen LogP contribution in [0.3, 0.4) is 0 Å². The van der Waals surface area contributed by atoms with Gasteiger partial charge in [-0.15, -0.1) is 0 Å². The Balaban J connectivity index is 1.59. The lowest BCUT2D eigenvalue weighted by atomic mass is 9.96. The number of aliphatic hydroxyl groups is 1. The predicted molar refractivity (Wildman–Crippen MR) is 157 cm³/mol. The molecule has 3 amide bonds. The Morgan fingerprint density at radius 1 is 1.15 bits per heavy atom. The van der Waals surface area contributed by atoms with E-state index in [-0.39, 0.29) is 54.9 Å². The molecule has 1 fully saturated rings. The van der Waals surface area contributed by atoms with E-state index < -0.39 is 22.2 Å². The number of anilines is 1. The summed E-state index contributed by atoms with van der Waals surface area (Å²) in [6.07, 6.45) is 4.75. The van der Waals surface area contributed by atoms with Crippen molar-refractivity contribution in [2.75, 3.05) is 32.1 Å². The number of hydrogen-bond donors (Lipinski definition) is 3. The topological polar surface area (TPSA) is 128 Å². The number of hydrogen-bond acceptors (Lipinski definition) is 6. The van der Waals surface area contributed by atoms with Crippen molar-refractivity contribution in [1.82, 2.24) is 14.5 Å². The molecule has 41 heavy (non-hydrogen) atoms. The molecular weight excluding hydrogens is 544 g/mol. The number of amides is 3. The molecule has 3 N–H and O–H groups in total. The van der Waals surface area contributed by atoms with E-state index in [0.29, 0.717) is 17.0 Å². The van der Waals surface area contributed by atoms with Crippen LogP contribution < -0.4 is 15.4 Å². The molecule has 0 radical (unpaired) electrons. The van der Waals surface area contributed by atoms with Crippen molar-refractivity contribution in [2.24, 2.45) is 5.92 Å². The van der Waals surface area contributed by atoms with E-state index in [2.05, 4.69) is 10.6 Å². The van der Waals surface area contributed by atoms with Crippen molar-refractivity contribution in [2.45, 2.75) is 75.5 Å². The molecule has 10 nitrogen and oxygen atoms in total. The van der Waals surface area contributed by atoms with E-state index in [0.717, 1.165) is 25.7 Å². The maximum atomic E-state index is 13.5. The molecular formula is C30H42N4O6S. The van der Waals surface area contributed by atoms with Gasteiger partial charge in [0.25, 0.3) is 0 Å². The Hall–Kier alpha value is -3.15. The van der Waals surface area contributed by atoms with Crippen molar-refractivity contribution < 1.29 is 27.9 Å². The van der Waals surface area contributed by atoms with E-state index in [1.54, 1.807) is 60.4 Å². The lowest BCUT2D eigenvalue weighted by Crippen LogP contribution is -2.48. The first-order valence-corrected chi connectivity index (χ1v) is 15.8. The van der Waals surface area contributed by atoms with Crippen LogP contribution in [-0.4, -0.2) is 79.6 Å². The number of nitrogens with zero attached hydrogens (tertiary/aromatic N) is 2. The third-order valence-electron chi connectivity index (χ3n) is 8.00. The van der Waals surface area contributed by atoms with Gasteiger partial charge in [-0.2, -0.15) is 4.31 Å². The number of fused-ring (bicyclic) bond motifs is 1. The highest BCUT2D eigenvalue weighted by atomic mass is 32.2. The first-order chi connectivity index (χ1) is 19.6. The van der Waals surface area contributed by atoms with Gasteiger partial charge >= 0.3 is 6.03 Å². The molecule has 2 aromatic carbocycles. The maximum absolute atomic E-state index is 13.5. The maximum Gasteiger partial charge on any atom is 0.319 e. The van der Waals surface area contributed by atoms with Gasteiger partial charge in [-0.1, -0.05) is 44.4 Å². The van der Waals surface area contributed by atoms with Gasteiger partial charge in [0, 0.05) is 36.8 Å². The number of rotatable bonds is 8. The summed E-state index contributed by atoms with van der Waals surface area (Å²) in [5.41, 5.74) is 1.11. The minimum absolute atomic E-state index is 0.0109. The second kappa shape index (κ2) is 13.7. The number of benzene rings is 2. The second-order valence-corrected chi connectivity index (χ2v) is 13.3. The Morgan fingerprint density at radius 3 is 2.54 bits per heavy atom. The van der Waals surface area contributed by atoms with Gasteiger partial charge in [0.2, 0.25) is 15.9 Å². The van der Waals surface area contributed by atoms with E-state index in [4.69, 9.17) is 4.74 Å². The van der Waals surface area contributed by atoms with E-state index >= 15 is 0 Å². The zero-order valence-electron chi connectivity index (χ0n) is 24.1. The van der Waals surface area contributed by atoms with E-state index in [1.165, 1.54) is 17.8 Å². The van der Waals surface area contributed by atoms with Crippen molar-refractivity contribution in [1.29, 1.82) is 0 Å². The number of nitrogens with one attached hydrogen (secondary N) is 2. The molecule has 0 bridgehead atoms. The third kappa shape index (κ3) is 7.78. The van der Waals surface area contributed by atoms with Gasteiger partial charge in [0.1, 0.15) is 11.9 Å². The summed E-state index contributed by atoms with van der Waals surface area (Å²) in [5.74, 6) is 0.0156. The van der Waals surface area contributed by atoms with Crippen LogP contribution in [0.2, 0.25) is 0 Å². The van der Waals surface area contributed by atoms with Gasteiger partial charge in [0.15, 0.2) is 0 Å². The predicted octanol–water partition coefficient (Wildman–Crippen LogP) is 3.61. The van der Waals surface area contributed by atoms with Crippen LogP contribution in [0.1, 0.15) is 51.5 Å². The van der Waals surface area contributed by atoms with Gasteiger partial charge < -0.3 is 25.4 Å². The molecule has 2 aromatic rings. The molecule has 0 unspecified atom stereocenters. The van der Waals surface area contributed by atoms with Crippen LogP contribution in [0, 0.1) is 5.92 Å². The van der Waals surface area contributed by atoms with E-state index in [1.807, 2.05) is 6.92 Å². The highest BCUT2D eigenvalue weighted by Gasteiger charge is 2.33. The van der Waals surface area contributed by atoms with Gasteiger partial charge in [-0.05, 0) is 50.1 Å². The summed E-state index contributed by atoms with van der Waals surface area (Å²) in [6.45, 7) is 3.82. The van der Waals surface area contributed by atoms with Crippen LogP contribution in [0.4, 0.5) is 10.5 Å². The van der Waals surface area contributed by atoms with E-state index in [9.17, 15) is 23.1 Å². The Bertz CT molecular complexity index is 1300. The lowest BCUT2D eigenvalue weighted by molar-refractivity contribution is -0.134. The SMILES string of the molecule is C[C@@H]1CN([C@H](C)CO)C(=O)Cc2cc(NC(=O)NC3CCCCC3)ccc2O[C@@H]1CN(C)S(=O)(=O)c1ccccc1. The first-order valence-electron chi connectivity index (χ1n) is 14.4. The molecule has 11 heteroatoms. The lowest BCUT2D eigenvalue weighted by Gasteiger charge is -2.33. The summed E-state index contributed by atoms with van der Waals surface area (Å²) < 4.78 is 34.3. The molecule has 0 aromatic heterocycles. The minimum atomic E-state index is -3.77. The average molecular weight is 587 g/mol. The van der Waals surface area contributed by atoms with Gasteiger partial charge in [-0.3, -0.25) is 4.79 Å². The number of aliphatic hydroxyl groups excluding tert-OH is 1. The van der Waals surface area contributed by atoms with Crippen molar-refractivity contribution >= 4 is 27.6 Å². The third-order valence-corrected chi connectivity index (χ3v) is 9.84. The second-order valence-electron chi connectivity index (χ2n) is 11.2. The molecule has 0 saturated heterocycles. The highest BCUT2D eigenvalue weighted by molar-refractivity contribution is 7.89. The summed E-state index contributed by atoms with van der Waals surface area (Å²) in [4.78, 5) is 27.9. The number of ether oxygens (including phenoxy) is 1. The smallest absolute Gasteiger partial charge is 0.319 e. The van der Waals surface area contributed by atoms with Crippen LogP contribution in [0.15, 0.2) is 53.4 Å². The first kappa shape index (κ1) is 30.8. The normalized spacial score (nSPS) is 21.2. The van der Waals surface area contributed by atoms with Crippen LogP contribution >= 0.6 is 0 Å². The molecule has 3 atom stereocenters. The largest absolute Gasteiger partial charge is 0.488 e. The minimum Gasteiger partial charge on any atom is -0.488 e. The fourth-order valence-electron chi connectivity index (χ4n) is 5.45. The summed E-state index contributed by atoms with van der Waals surface area (Å²) >= 11 is 0. The molecule has 1 heterocycles. The van der Waals surface area contributed by atoms with Crippen molar-refractivity contribution in [3.63, 3.8) is 0 Å². The molecule has 1 saturated carbocycles. The number of sulfonamides is 1. The molecule has 1 aliphatic carbocycles. The number of carbonyl (C=O) groups excluding carboxylic acids is 2. The monoisotopic (exact) mass is 586 g/mol. The standard InChI is InChI=1S/C30H42N4O6S/c1-21-18-34(22(2)20-35)29(36)17-23-16-25(32-30(37)31-24-10-6-4-7-11-24)14-15-27(23)40-28(21)19-33(3)41(38,39)26-12-8-5-9-13-26/h5,8-9,12-16,21-22,24,28,35H,4,6-7,10-11,17-20H2,1-3H3,(H2,31,32,37)/t21-,22-,28-/m1/s1. The fraction of sp³-hybridized carbons (Fsp3) is 0.533. The number of urea groups is 1. The number of likely N-dealkylation sites (N-methyl/N-ethyl adjacent to an activating group) is 1. The zero-order valence-corrected chi connectivity index (χ0v) is 24.9. The summed E-state index contributed by atoms with van der Waals surface area (Å²) in [5, 5.41) is 15.8. The fourth-order valence-corrected chi connectivity index (χ4v) is 6.65. The molecule has 0 spiro atoms. The van der Waals surface area contributed by atoms with Gasteiger partial charge in [-0.25, -0.2) is 13.2 Å². The Morgan fingerprint density at radius 2 is 1.85 bits per heavy atom. The Kier molecular flexibility index (Phi) is 10.3. The van der Waals surface area contributed by atoms with Crippen molar-refractivity contribution in [3.05, 3.63) is 54.1 Å². The van der Waals surface area contributed by atoms with Crippen molar-refractivity contribution in [3.8, 4) is 5.75 Å². The van der Waals surface area contributed by atoms with Crippen LogP contribution in [0.25, 0.3) is 0 Å². The molecule has 224 valence electrons. The quantitative estimate of drug-likeness (QED) is 0.434. The average Bonchev–Trinajstić information content (AvgIpc) is 3.01. The molecule has 4 rings (SSSR count). The number of carbonyl (C=O) groups is 2. The van der Waals surface area contributed by atoms with Gasteiger partial charge in [0.05, 0.1) is 30.5 Å². The Labute approximate surface area is 243 Å². The highest BCUT2D eigenvalue weighted by Crippen LogP contribution is 2.30. The molecule has 2 aliphatic rings. The summed E-state index contributed by atoms with van der Waals surface area (Å²) in [6, 6.07) is 12.8. The van der Waals surface area contributed by atoms with Crippen LogP contribution in [0.5, 0.6) is 5.75 Å². The molecule has 1 aliphatic heterocycles. The summed E-state index contributed by atoms with van der Waals surface area (Å²) in [7, 11) is -2.25. The van der Waals surface area contributed by atoms with Crippen LogP contribution in [-0.2, 0) is 21.2 Å².